The van der Waals surface area contributed by atoms with Crippen LogP contribution < -0.4 is 5.32 Å². The molecule has 21 heavy (non-hydrogen) atoms. The molecule has 0 unspecified atom stereocenters. The molecule has 0 bridgehead atoms. The van der Waals surface area contributed by atoms with Gasteiger partial charge < -0.3 is 9.88 Å². The van der Waals surface area contributed by atoms with Gasteiger partial charge in [-0.25, -0.2) is 15.0 Å². The van der Waals surface area contributed by atoms with Gasteiger partial charge in [0.15, 0.2) is 0 Å². The number of non-ortho nitro benzene ring substituents is 1. The van der Waals surface area contributed by atoms with Crippen molar-refractivity contribution in [3.05, 3.63) is 52.9 Å². The fraction of sp³-hybridized carbons (Fsp3) is 0.154. The third-order valence-electron chi connectivity index (χ3n) is 3.16. The monoisotopic (exact) mass is 284 g/mol. The molecule has 0 aliphatic carbocycles. The lowest BCUT2D eigenvalue weighted by molar-refractivity contribution is -0.384. The minimum atomic E-state index is -0.436. The molecule has 8 nitrogen and oxygen atoms in total. The fourth-order valence-corrected chi connectivity index (χ4v) is 2.03. The van der Waals surface area contributed by atoms with Crippen LogP contribution in [-0.2, 0) is 13.6 Å². The summed E-state index contributed by atoms with van der Waals surface area (Å²) in [6.45, 7) is 0.471. The van der Waals surface area contributed by atoms with Gasteiger partial charge in [0, 0.05) is 37.0 Å². The van der Waals surface area contributed by atoms with Gasteiger partial charge in [0.25, 0.3) is 5.69 Å². The summed E-state index contributed by atoms with van der Waals surface area (Å²) in [4.78, 5) is 22.9. The highest BCUT2D eigenvalue weighted by Gasteiger charge is 2.11. The van der Waals surface area contributed by atoms with Crippen molar-refractivity contribution < 1.29 is 4.92 Å². The molecule has 1 N–H and O–H groups in total. The van der Waals surface area contributed by atoms with Crippen molar-refractivity contribution >= 4 is 22.4 Å². The van der Waals surface area contributed by atoms with E-state index in [0.717, 1.165) is 5.82 Å². The first-order chi connectivity index (χ1) is 10.1. The Morgan fingerprint density at radius 2 is 2.19 bits per heavy atom. The lowest BCUT2D eigenvalue weighted by Gasteiger charge is -2.08. The summed E-state index contributed by atoms with van der Waals surface area (Å²) >= 11 is 0. The van der Waals surface area contributed by atoms with Gasteiger partial charge in [0.2, 0.25) is 0 Å². The van der Waals surface area contributed by atoms with E-state index in [2.05, 4.69) is 20.3 Å². The number of fused-ring (bicyclic) bond motifs is 1. The summed E-state index contributed by atoms with van der Waals surface area (Å²) in [5.74, 6) is 1.39. The summed E-state index contributed by atoms with van der Waals surface area (Å²) < 4.78 is 1.89. The highest BCUT2D eigenvalue weighted by Crippen LogP contribution is 2.24. The molecule has 0 aliphatic rings. The van der Waals surface area contributed by atoms with Gasteiger partial charge in [-0.3, -0.25) is 10.1 Å². The average Bonchev–Trinajstić information content (AvgIpc) is 2.89. The van der Waals surface area contributed by atoms with Crippen molar-refractivity contribution in [2.24, 2.45) is 7.05 Å². The molecule has 8 heteroatoms. The van der Waals surface area contributed by atoms with E-state index in [0.29, 0.717) is 23.3 Å². The first kappa shape index (κ1) is 13.0. The molecule has 1 aromatic carbocycles. The van der Waals surface area contributed by atoms with E-state index in [-0.39, 0.29) is 5.69 Å². The summed E-state index contributed by atoms with van der Waals surface area (Å²) in [5.41, 5.74) is 0.662. The molecular weight excluding hydrogens is 272 g/mol. The second-order valence-corrected chi connectivity index (χ2v) is 4.49. The third-order valence-corrected chi connectivity index (χ3v) is 3.16. The number of hydrogen-bond donors (Lipinski definition) is 1. The molecule has 0 saturated carbocycles. The molecule has 0 spiro atoms. The number of imidazole rings is 1. The van der Waals surface area contributed by atoms with Crippen LogP contribution in [0, 0.1) is 10.1 Å². The number of hydrogen-bond acceptors (Lipinski definition) is 6. The molecule has 0 radical (unpaired) electrons. The first-order valence-corrected chi connectivity index (χ1v) is 6.24. The van der Waals surface area contributed by atoms with Crippen LogP contribution in [0.2, 0.25) is 0 Å². The van der Waals surface area contributed by atoms with Crippen LogP contribution in [0.1, 0.15) is 5.82 Å². The molecule has 0 amide bonds. The number of nitro groups is 1. The molecule has 106 valence electrons. The number of nitrogens with one attached hydrogen (secondary N) is 1. The summed E-state index contributed by atoms with van der Waals surface area (Å²) in [7, 11) is 1.90. The number of nitrogens with zero attached hydrogens (tertiary/aromatic N) is 5. The van der Waals surface area contributed by atoms with E-state index >= 15 is 0 Å². The van der Waals surface area contributed by atoms with Crippen molar-refractivity contribution in [3.63, 3.8) is 0 Å². The second-order valence-electron chi connectivity index (χ2n) is 4.49. The lowest BCUT2D eigenvalue weighted by Crippen LogP contribution is -2.07. The Morgan fingerprint density at radius 1 is 1.33 bits per heavy atom. The predicted molar refractivity (Wildman–Crippen MR) is 76.7 cm³/mol. The molecule has 2 heterocycles. The van der Waals surface area contributed by atoms with Gasteiger partial charge in [-0.15, -0.1) is 0 Å². The van der Waals surface area contributed by atoms with Crippen molar-refractivity contribution in [2.45, 2.75) is 6.54 Å². The minimum Gasteiger partial charge on any atom is -0.362 e. The van der Waals surface area contributed by atoms with Crippen LogP contribution in [0.25, 0.3) is 10.9 Å². The molecule has 3 aromatic rings. The minimum absolute atomic E-state index is 0.0114. The van der Waals surface area contributed by atoms with Gasteiger partial charge in [0.05, 0.1) is 17.0 Å². The molecule has 2 aromatic heterocycles. The summed E-state index contributed by atoms with van der Waals surface area (Å²) in [5, 5.41) is 14.6. The van der Waals surface area contributed by atoms with Crippen LogP contribution >= 0.6 is 0 Å². The van der Waals surface area contributed by atoms with Gasteiger partial charge >= 0.3 is 0 Å². The maximum absolute atomic E-state index is 10.9. The number of aryl methyl sites for hydroxylation is 1. The van der Waals surface area contributed by atoms with Gasteiger partial charge in [-0.05, 0) is 6.07 Å². The van der Waals surface area contributed by atoms with E-state index in [4.69, 9.17) is 0 Å². The average molecular weight is 284 g/mol. The first-order valence-electron chi connectivity index (χ1n) is 6.24. The van der Waals surface area contributed by atoms with Crippen LogP contribution in [0.5, 0.6) is 0 Å². The summed E-state index contributed by atoms with van der Waals surface area (Å²) in [6.07, 6.45) is 4.98. The van der Waals surface area contributed by atoms with E-state index < -0.39 is 4.92 Å². The number of anilines is 1. The van der Waals surface area contributed by atoms with Crippen LogP contribution in [0.3, 0.4) is 0 Å². The van der Waals surface area contributed by atoms with Crippen LogP contribution in [-0.4, -0.2) is 24.4 Å². The topological polar surface area (TPSA) is 98.8 Å². The fourth-order valence-electron chi connectivity index (χ4n) is 2.03. The highest BCUT2D eigenvalue weighted by atomic mass is 16.6. The van der Waals surface area contributed by atoms with E-state index in [1.807, 2.05) is 17.8 Å². The zero-order chi connectivity index (χ0) is 14.8. The van der Waals surface area contributed by atoms with E-state index in [1.165, 1.54) is 18.5 Å². The van der Waals surface area contributed by atoms with Crippen LogP contribution in [0.15, 0.2) is 36.9 Å². The Balaban J connectivity index is 1.95. The number of aromatic nitrogens is 4. The van der Waals surface area contributed by atoms with E-state index in [9.17, 15) is 10.1 Å². The summed E-state index contributed by atoms with van der Waals surface area (Å²) in [6, 6.07) is 4.51. The highest BCUT2D eigenvalue weighted by molar-refractivity contribution is 5.90. The Morgan fingerprint density at radius 3 is 2.90 bits per heavy atom. The zero-order valence-electron chi connectivity index (χ0n) is 11.2. The number of benzene rings is 1. The molecule has 0 saturated heterocycles. The smallest absolute Gasteiger partial charge is 0.270 e. The zero-order valence-corrected chi connectivity index (χ0v) is 11.2. The van der Waals surface area contributed by atoms with Crippen molar-refractivity contribution in [2.75, 3.05) is 5.32 Å². The van der Waals surface area contributed by atoms with Crippen molar-refractivity contribution in [3.8, 4) is 0 Å². The number of nitro benzene ring substituents is 1. The van der Waals surface area contributed by atoms with Gasteiger partial charge in [-0.2, -0.15) is 0 Å². The van der Waals surface area contributed by atoms with E-state index in [1.54, 1.807) is 12.3 Å². The van der Waals surface area contributed by atoms with Crippen molar-refractivity contribution in [1.82, 2.24) is 19.5 Å². The maximum atomic E-state index is 10.9. The Labute approximate surface area is 119 Å². The second kappa shape index (κ2) is 5.16. The van der Waals surface area contributed by atoms with Crippen molar-refractivity contribution in [1.29, 1.82) is 0 Å². The molecule has 0 atom stereocenters. The quantitative estimate of drug-likeness (QED) is 0.580. The lowest BCUT2D eigenvalue weighted by atomic mass is 10.2. The van der Waals surface area contributed by atoms with Crippen LogP contribution in [0.4, 0.5) is 11.5 Å². The maximum Gasteiger partial charge on any atom is 0.270 e. The molecule has 0 fully saturated rings. The standard InChI is InChI=1S/C13H12N6O2/c1-18-5-4-14-12(18)7-15-13-10-6-9(19(20)21)2-3-11(10)16-8-17-13/h2-6,8H,7H2,1H3,(H,15,16,17). The Kier molecular flexibility index (Phi) is 3.19. The largest absolute Gasteiger partial charge is 0.362 e. The molecule has 3 rings (SSSR count). The van der Waals surface area contributed by atoms with Gasteiger partial charge in [-0.1, -0.05) is 0 Å². The molecular formula is C13H12N6O2. The normalized spacial score (nSPS) is 10.7. The van der Waals surface area contributed by atoms with Gasteiger partial charge in [0.1, 0.15) is 18.0 Å². The Bertz CT molecular complexity index is 813. The number of rotatable bonds is 4. The SMILES string of the molecule is Cn1ccnc1CNc1ncnc2ccc([N+](=O)[O-])cc12. The Hall–Kier alpha value is -3.03. The molecule has 0 aliphatic heterocycles. The third kappa shape index (κ3) is 2.50. The predicted octanol–water partition coefficient (Wildman–Crippen LogP) is 1.88.